The van der Waals surface area contributed by atoms with Crippen LogP contribution in [0.25, 0.3) is 0 Å². The molecule has 9 nitrogen and oxygen atoms in total. The third-order valence-electron chi connectivity index (χ3n) is 6.97. The lowest BCUT2D eigenvalue weighted by atomic mass is 9.99. The highest BCUT2D eigenvalue weighted by atomic mass is 35.5. The molecule has 1 amide bonds. The van der Waals surface area contributed by atoms with Crippen LogP contribution in [0.4, 0.5) is 21.6 Å². The summed E-state index contributed by atoms with van der Waals surface area (Å²) in [6.45, 7) is 5.05. The van der Waals surface area contributed by atoms with Gasteiger partial charge in [-0.2, -0.15) is 0 Å². The lowest BCUT2D eigenvalue weighted by Gasteiger charge is -2.41. The van der Waals surface area contributed by atoms with E-state index in [0.29, 0.717) is 26.2 Å². The first-order valence-corrected chi connectivity index (χ1v) is 14.3. The molecule has 1 N–H and O–H groups in total. The van der Waals surface area contributed by atoms with Crippen molar-refractivity contribution in [3.05, 3.63) is 71.4 Å². The predicted molar refractivity (Wildman–Crippen MR) is 147 cm³/mol. The van der Waals surface area contributed by atoms with Gasteiger partial charge in [-0.15, -0.1) is 0 Å². The lowest BCUT2D eigenvalue weighted by molar-refractivity contribution is -0.132. The van der Waals surface area contributed by atoms with Gasteiger partial charge in [-0.3, -0.25) is 14.5 Å². The monoisotopic (exact) mass is 560 g/mol. The summed E-state index contributed by atoms with van der Waals surface area (Å²) >= 11 is 5.79. The van der Waals surface area contributed by atoms with Gasteiger partial charge in [0.25, 0.3) is 10.0 Å². The molecule has 2 aliphatic heterocycles. The number of benzene rings is 2. The van der Waals surface area contributed by atoms with Gasteiger partial charge in [-0.1, -0.05) is 11.6 Å². The zero-order valence-electron chi connectivity index (χ0n) is 20.8. The van der Waals surface area contributed by atoms with Crippen LogP contribution in [0.1, 0.15) is 20.3 Å². The molecule has 0 radical (unpaired) electrons. The summed E-state index contributed by atoms with van der Waals surface area (Å²) in [4.78, 5) is 27.2. The Balaban J connectivity index is 0.00000353. The Morgan fingerprint density at radius 3 is 2.53 bits per heavy atom. The number of aryl methyl sites for hydroxylation is 1. The second-order valence-corrected chi connectivity index (χ2v) is 11.5. The molecule has 38 heavy (non-hydrogen) atoms. The second-order valence-electron chi connectivity index (χ2n) is 9.38. The van der Waals surface area contributed by atoms with Crippen LogP contribution < -0.4 is 14.5 Å². The van der Waals surface area contributed by atoms with E-state index in [-0.39, 0.29) is 35.1 Å². The predicted octanol–water partition coefficient (Wildman–Crippen LogP) is 3.81. The number of nitrogens with zero attached hydrogens (tertiary/aromatic N) is 5. The van der Waals surface area contributed by atoms with Gasteiger partial charge in [0.15, 0.2) is 5.82 Å². The highest BCUT2D eigenvalue weighted by molar-refractivity contribution is 7.92. The van der Waals surface area contributed by atoms with Crippen LogP contribution in [0.5, 0.6) is 0 Å². The van der Waals surface area contributed by atoms with Crippen molar-refractivity contribution in [2.75, 3.05) is 47.2 Å². The molecule has 1 fully saturated rings. The van der Waals surface area contributed by atoms with Gasteiger partial charge >= 0.3 is 0 Å². The number of halogens is 2. The van der Waals surface area contributed by atoms with E-state index in [4.69, 9.17) is 11.6 Å². The molecule has 1 atom stereocenters. The van der Waals surface area contributed by atoms with E-state index in [1.54, 1.807) is 24.3 Å². The van der Waals surface area contributed by atoms with Crippen molar-refractivity contribution in [2.24, 2.45) is 0 Å². The number of carbonyl (C=O) groups excluding carboxylic acids is 1. The van der Waals surface area contributed by atoms with E-state index in [9.17, 15) is 17.6 Å². The number of hydrogen-bond acceptors (Lipinski definition) is 7. The molecule has 202 valence electrons. The summed E-state index contributed by atoms with van der Waals surface area (Å²) in [5, 5.41) is 0.0868. The zero-order valence-corrected chi connectivity index (χ0v) is 22.4. The molecule has 0 saturated carbocycles. The molecule has 2 aromatic carbocycles. The van der Waals surface area contributed by atoms with Crippen LogP contribution in [0.3, 0.4) is 0 Å². The molecule has 0 bridgehead atoms. The fraction of sp³-hybridized carbons (Fsp3) is 0.346. The quantitative estimate of drug-likeness (QED) is 0.489. The Morgan fingerprint density at radius 2 is 1.82 bits per heavy atom. The summed E-state index contributed by atoms with van der Waals surface area (Å²) in [5.74, 6) is -0.159. The number of anilines is 3. The SMILES string of the molecule is C[C@@H](C(=O)N1CCN(c2ccc(S(=O)(=O)Nc3cncc(Cl)n3)cc2)CC1)N1CCCc2cc(F)ccc21.[HH]. The summed E-state index contributed by atoms with van der Waals surface area (Å²) < 4.78 is 41.5. The van der Waals surface area contributed by atoms with Crippen molar-refractivity contribution in [2.45, 2.75) is 30.7 Å². The minimum Gasteiger partial charge on any atom is -0.368 e. The van der Waals surface area contributed by atoms with E-state index in [1.807, 2.05) is 11.8 Å². The van der Waals surface area contributed by atoms with Crippen LogP contribution in [-0.2, 0) is 21.2 Å². The van der Waals surface area contributed by atoms with Crippen LogP contribution in [0, 0.1) is 5.82 Å². The van der Waals surface area contributed by atoms with Crippen molar-refractivity contribution < 1.29 is 19.0 Å². The fourth-order valence-corrected chi connectivity index (χ4v) is 6.14. The topological polar surface area (TPSA) is 98.7 Å². The zero-order chi connectivity index (χ0) is 26.9. The van der Waals surface area contributed by atoms with Crippen molar-refractivity contribution in [1.82, 2.24) is 14.9 Å². The van der Waals surface area contributed by atoms with Gasteiger partial charge in [0.05, 0.1) is 17.3 Å². The highest BCUT2D eigenvalue weighted by Crippen LogP contribution is 2.30. The number of piperazine rings is 1. The van der Waals surface area contributed by atoms with Gasteiger partial charge in [0, 0.05) is 45.5 Å². The normalized spacial score (nSPS) is 16.7. The third-order valence-corrected chi connectivity index (χ3v) is 8.52. The van der Waals surface area contributed by atoms with Crippen LogP contribution in [-0.4, -0.2) is 68.0 Å². The molecular weight excluding hydrogens is 531 g/mol. The van der Waals surface area contributed by atoms with Crippen LogP contribution >= 0.6 is 11.6 Å². The number of nitrogens with one attached hydrogen (secondary N) is 1. The maximum absolute atomic E-state index is 13.7. The molecule has 0 spiro atoms. The molecular formula is C26H30ClFN6O3S. The van der Waals surface area contributed by atoms with Crippen molar-refractivity contribution in [3.63, 3.8) is 0 Å². The number of fused-ring (bicyclic) bond motifs is 1. The first-order valence-electron chi connectivity index (χ1n) is 12.4. The Bertz CT molecular complexity index is 1440. The van der Waals surface area contributed by atoms with E-state index < -0.39 is 10.0 Å². The molecule has 1 aromatic heterocycles. The standard InChI is InChI=1S/C26H28ClFN6O3S.H2/c1-18(34-10-2-3-19-15-20(28)4-9-23(19)34)26(35)33-13-11-32(12-14-33)21-5-7-22(8-6-21)38(36,37)31-25-17-29-16-24(27)30-25;/h4-9,15-18H,2-3,10-14H2,1H3,(H,30,31);1H/t18-;/m0./s1. The molecule has 0 unspecified atom stereocenters. The summed E-state index contributed by atoms with van der Waals surface area (Å²) in [7, 11) is -3.85. The van der Waals surface area contributed by atoms with Gasteiger partial charge in [-0.25, -0.2) is 17.8 Å². The molecule has 2 aliphatic rings. The molecule has 3 heterocycles. The van der Waals surface area contributed by atoms with Crippen molar-refractivity contribution in [1.29, 1.82) is 0 Å². The largest absolute Gasteiger partial charge is 0.368 e. The number of sulfonamides is 1. The molecule has 0 aliphatic carbocycles. The number of hydrogen-bond donors (Lipinski definition) is 1. The summed E-state index contributed by atoms with van der Waals surface area (Å²) in [6.07, 6.45) is 4.30. The van der Waals surface area contributed by atoms with Crippen molar-refractivity contribution in [3.8, 4) is 0 Å². The lowest BCUT2D eigenvalue weighted by Crippen LogP contribution is -2.55. The summed E-state index contributed by atoms with van der Waals surface area (Å²) in [6, 6.07) is 11.0. The number of aromatic nitrogens is 2. The van der Waals surface area contributed by atoms with Crippen molar-refractivity contribution >= 4 is 44.7 Å². The van der Waals surface area contributed by atoms with Gasteiger partial charge in [0.2, 0.25) is 5.91 Å². The minimum atomic E-state index is -3.85. The van der Waals surface area contributed by atoms with E-state index >= 15 is 0 Å². The van der Waals surface area contributed by atoms with E-state index in [0.717, 1.165) is 36.3 Å². The Labute approximate surface area is 227 Å². The Hall–Kier alpha value is -3.44. The first kappa shape index (κ1) is 26.2. The summed E-state index contributed by atoms with van der Waals surface area (Å²) in [5.41, 5.74) is 2.75. The van der Waals surface area contributed by atoms with Gasteiger partial charge in [0.1, 0.15) is 17.0 Å². The molecule has 3 aromatic rings. The maximum atomic E-state index is 13.7. The van der Waals surface area contributed by atoms with E-state index in [2.05, 4.69) is 24.5 Å². The Morgan fingerprint density at radius 1 is 1.08 bits per heavy atom. The molecule has 5 rings (SSSR count). The van der Waals surface area contributed by atoms with Crippen LogP contribution in [0.2, 0.25) is 5.15 Å². The van der Waals surface area contributed by atoms with Crippen LogP contribution in [0.15, 0.2) is 59.8 Å². The molecule has 12 heteroatoms. The number of carbonyl (C=O) groups is 1. The average molecular weight is 561 g/mol. The number of amides is 1. The van der Waals surface area contributed by atoms with Gasteiger partial charge < -0.3 is 14.7 Å². The molecule has 1 saturated heterocycles. The highest BCUT2D eigenvalue weighted by Gasteiger charge is 2.31. The fourth-order valence-electron chi connectivity index (χ4n) is 5.00. The smallest absolute Gasteiger partial charge is 0.263 e. The van der Waals surface area contributed by atoms with E-state index in [1.165, 1.54) is 30.6 Å². The maximum Gasteiger partial charge on any atom is 0.263 e. The first-order chi connectivity index (χ1) is 18.2. The number of rotatable bonds is 6. The third kappa shape index (κ3) is 5.53. The Kier molecular flexibility index (Phi) is 7.40. The van der Waals surface area contributed by atoms with Gasteiger partial charge in [-0.05, 0) is 67.8 Å². The second kappa shape index (κ2) is 10.7. The average Bonchev–Trinajstić information content (AvgIpc) is 2.91. The minimum absolute atomic E-state index is 0.